The van der Waals surface area contributed by atoms with E-state index in [1.54, 1.807) is 18.6 Å². The molecule has 1 heterocycles. The number of carbonyl (C=O) groups is 1. The second-order valence-corrected chi connectivity index (χ2v) is 3.72. The van der Waals surface area contributed by atoms with Crippen molar-refractivity contribution >= 4 is 5.97 Å². The minimum Gasteiger partial charge on any atom is -0.480 e. The summed E-state index contributed by atoms with van der Waals surface area (Å²) in [6.45, 7) is -0.0300. The second-order valence-electron chi connectivity index (χ2n) is 3.72. The van der Waals surface area contributed by atoms with Gasteiger partial charge in [-0.25, -0.2) is 0 Å². The number of aliphatic carboxylic acids is 1. The number of carboxylic acid groups (broad SMARTS) is 1. The topological polar surface area (TPSA) is 75.1 Å². The van der Waals surface area contributed by atoms with Crippen LogP contribution in [0.2, 0.25) is 0 Å². The molecule has 0 bridgehead atoms. The fourth-order valence-corrected chi connectivity index (χ4v) is 1.61. The van der Waals surface area contributed by atoms with Crippen LogP contribution in [-0.4, -0.2) is 27.6 Å². The van der Waals surface area contributed by atoms with Crippen molar-refractivity contribution in [1.29, 1.82) is 0 Å². The van der Waals surface area contributed by atoms with E-state index in [9.17, 15) is 4.79 Å². The molecule has 0 radical (unpaired) electrons. The lowest BCUT2D eigenvalue weighted by Crippen LogP contribution is -2.29. The van der Waals surface area contributed by atoms with Crippen molar-refractivity contribution in [2.75, 3.05) is 6.54 Å². The Morgan fingerprint density at radius 1 is 1.60 bits per heavy atom. The zero-order valence-electron chi connectivity index (χ0n) is 8.26. The largest absolute Gasteiger partial charge is 0.480 e. The number of rotatable bonds is 5. The summed E-state index contributed by atoms with van der Waals surface area (Å²) >= 11 is 0. The van der Waals surface area contributed by atoms with Crippen molar-refractivity contribution in [2.45, 2.75) is 18.9 Å². The molecule has 0 aromatic carbocycles. The smallest absolute Gasteiger partial charge is 0.317 e. The number of hydrogen-bond donors (Lipinski definition) is 2. The highest BCUT2D eigenvalue weighted by molar-refractivity contribution is 5.69. The fourth-order valence-electron chi connectivity index (χ4n) is 1.61. The predicted molar refractivity (Wildman–Crippen MR) is 53.1 cm³/mol. The molecule has 1 fully saturated rings. The van der Waals surface area contributed by atoms with E-state index in [1.807, 2.05) is 0 Å². The number of nitrogens with zero attached hydrogens (tertiary/aromatic N) is 2. The number of carboxylic acids is 1. The Balaban J connectivity index is 2.03. The molecular formula is C10H13N3O2. The van der Waals surface area contributed by atoms with Crippen LogP contribution in [0.5, 0.6) is 0 Å². The molecule has 1 unspecified atom stereocenters. The maximum Gasteiger partial charge on any atom is 0.317 e. The van der Waals surface area contributed by atoms with Crippen LogP contribution < -0.4 is 5.32 Å². The van der Waals surface area contributed by atoms with Crippen LogP contribution in [0.4, 0.5) is 0 Å². The van der Waals surface area contributed by atoms with Crippen LogP contribution in [0, 0.1) is 5.92 Å². The molecule has 1 atom stereocenters. The quantitative estimate of drug-likeness (QED) is 0.739. The summed E-state index contributed by atoms with van der Waals surface area (Å²) in [7, 11) is 0. The van der Waals surface area contributed by atoms with Crippen LogP contribution in [0.25, 0.3) is 0 Å². The third kappa shape index (κ3) is 2.73. The Morgan fingerprint density at radius 3 is 2.93 bits per heavy atom. The van der Waals surface area contributed by atoms with Gasteiger partial charge in [0.05, 0.1) is 18.3 Å². The van der Waals surface area contributed by atoms with Gasteiger partial charge in [0.25, 0.3) is 0 Å². The van der Waals surface area contributed by atoms with E-state index in [4.69, 9.17) is 5.11 Å². The number of aromatic nitrogens is 2. The van der Waals surface area contributed by atoms with E-state index in [0.29, 0.717) is 5.92 Å². The number of nitrogens with one attached hydrogen (secondary N) is 1. The Bertz CT molecular complexity index is 338. The Morgan fingerprint density at radius 2 is 2.40 bits per heavy atom. The Kier molecular flexibility index (Phi) is 2.91. The van der Waals surface area contributed by atoms with Gasteiger partial charge in [-0.1, -0.05) is 0 Å². The summed E-state index contributed by atoms with van der Waals surface area (Å²) in [4.78, 5) is 18.7. The molecule has 15 heavy (non-hydrogen) atoms. The minimum absolute atomic E-state index is 0.0300. The summed E-state index contributed by atoms with van der Waals surface area (Å²) < 4.78 is 0. The normalized spacial score (nSPS) is 17.3. The lowest BCUT2D eigenvalue weighted by atomic mass is 10.1. The molecule has 5 nitrogen and oxygen atoms in total. The third-order valence-electron chi connectivity index (χ3n) is 2.47. The standard InChI is InChI=1S/C10H13N3O2/c14-9(15)6-13-10(7-1-2-7)8-5-11-3-4-12-8/h3-5,7,10,13H,1-2,6H2,(H,14,15). The average molecular weight is 207 g/mol. The van der Waals surface area contributed by atoms with Crippen LogP contribution in [0.15, 0.2) is 18.6 Å². The summed E-state index contributed by atoms with van der Waals surface area (Å²) in [6, 6.07) is 0.0369. The van der Waals surface area contributed by atoms with Crippen molar-refractivity contribution in [3.05, 3.63) is 24.3 Å². The molecule has 0 saturated heterocycles. The van der Waals surface area contributed by atoms with Gasteiger partial charge in [0.15, 0.2) is 0 Å². The minimum atomic E-state index is -0.843. The maximum atomic E-state index is 10.5. The first kappa shape index (κ1) is 10.0. The van der Waals surface area contributed by atoms with Crippen molar-refractivity contribution in [2.24, 2.45) is 5.92 Å². The molecule has 5 heteroatoms. The lowest BCUT2D eigenvalue weighted by molar-refractivity contribution is -0.136. The summed E-state index contributed by atoms with van der Waals surface area (Å²) in [5.74, 6) is -0.328. The van der Waals surface area contributed by atoms with Crippen LogP contribution in [0.3, 0.4) is 0 Å². The summed E-state index contributed by atoms with van der Waals surface area (Å²) in [5.41, 5.74) is 0.834. The average Bonchev–Trinajstić information content (AvgIpc) is 3.03. The van der Waals surface area contributed by atoms with E-state index in [-0.39, 0.29) is 12.6 Å². The van der Waals surface area contributed by atoms with Gasteiger partial charge in [-0.15, -0.1) is 0 Å². The molecule has 0 amide bonds. The van der Waals surface area contributed by atoms with E-state index in [0.717, 1.165) is 18.5 Å². The first-order chi connectivity index (χ1) is 7.27. The summed E-state index contributed by atoms with van der Waals surface area (Å²) in [6.07, 6.45) is 7.21. The van der Waals surface area contributed by atoms with Crippen LogP contribution >= 0.6 is 0 Å². The molecule has 2 N–H and O–H groups in total. The highest BCUT2D eigenvalue weighted by Gasteiger charge is 2.33. The van der Waals surface area contributed by atoms with Gasteiger partial charge in [0.1, 0.15) is 0 Å². The fraction of sp³-hybridized carbons (Fsp3) is 0.500. The predicted octanol–water partition coefficient (Wildman–Crippen LogP) is 0.602. The zero-order valence-corrected chi connectivity index (χ0v) is 8.26. The molecule has 0 aliphatic heterocycles. The second kappa shape index (κ2) is 4.35. The van der Waals surface area contributed by atoms with Gasteiger partial charge in [0.2, 0.25) is 0 Å². The van der Waals surface area contributed by atoms with Crippen molar-refractivity contribution in [3.63, 3.8) is 0 Å². The molecule has 0 spiro atoms. The Hall–Kier alpha value is -1.49. The Labute approximate surface area is 87.6 Å². The van der Waals surface area contributed by atoms with Gasteiger partial charge in [0, 0.05) is 18.6 Å². The van der Waals surface area contributed by atoms with E-state index >= 15 is 0 Å². The molecule has 1 aromatic heterocycles. The highest BCUT2D eigenvalue weighted by atomic mass is 16.4. The van der Waals surface area contributed by atoms with Crippen LogP contribution in [0.1, 0.15) is 24.6 Å². The molecule has 1 aliphatic carbocycles. The first-order valence-corrected chi connectivity index (χ1v) is 4.98. The van der Waals surface area contributed by atoms with Crippen molar-refractivity contribution in [1.82, 2.24) is 15.3 Å². The van der Waals surface area contributed by atoms with Crippen LogP contribution in [-0.2, 0) is 4.79 Å². The SMILES string of the molecule is O=C(O)CNC(c1cnccn1)C1CC1. The van der Waals surface area contributed by atoms with E-state index < -0.39 is 5.97 Å². The molecular weight excluding hydrogens is 194 g/mol. The zero-order chi connectivity index (χ0) is 10.7. The molecule has 1 aliphatic rings. The van der Waals surface area contributed by atoms with Gasteiger partial charge in [-0.05, 0) is 18.8 Å². The molecule has 2 rings (SSSR count). The van der Waals surface area contributed by atoms with E-state index in [2.05, 4.69) is 15.3 Å². The number of hydrogen-bond acceptors (Lipinski definition) is 4. The molecule has 80 valence electrons. The first-order valence-electron chi connectivity index (χ1n) is 4.98. The molecule has 1 aromatic rings. The van der Waals surface area contributed by atoms with Gasteiger partial charge in [-0.2, -0.15) is 0 Å². The lowest BCUT2D eigenvalue weighted by Gasteiger charge is -2.15. The third-order valence-corrected chi connectivity index (χ3v) is 2.47. The van der Waals surface area contributed by atoms with E-state index in [1.165, 1.54) is 0 Å². The monoisotopic (exact) mass is 207 g/mol. The van der Waals surface area contributed by atoms with Gasteiger partial charge >= 0.3 is 5.97 Å². The summed E-state index contributed by atoms with van der Waals surface area (Å²) in [5, 5.41) is 11.6. The maximum absolute atomic E-state index is 10.5. The van der Waals surface area contributed by atoms with Gasteiger partial charge in [-0.3, -0.25) is 20.1 Å². The highest BCUT2D eigenvalue weighted by Crippen LogP contribution is 2.39. The molecule has 1 saturated carbocycles. The van der Waals surface area contributed by atoms with Crippen molar-refractivity contribution in [3.8, 4) is 0 Å². The van der Waals surface area contributed by atoms with Crippen molar-refractivity contribution < 1.29 is 9.90 Å². The van der Waals surface area contributed by atoms with Gasteiger partial charge < -0.3 is 5.11 Å².